The summed E-state index contributed by atoms with van der Waals surface area (Å²) in [6, 6.07) is 48.8. The Balaban J connectivity index is 1.34. The number of benzene rings is 9. The highest BCUT2D eigenvalue weighted by atomic mass is 16.3. The molecule has 0 bridgehead atoms. The molecule has 0 aliphatic heterocycles. The molecule has 1 heteroatoms. The first-order chi connectivity index (χ1) is 27.6. The average Bonchev–Trinajstić information content (AvgIpc) is 3.61. The van der Waals surface area contributed by atoms with Crippen molar-refractivity contribution >= 4 is 54.3 Å². The van der Waals surface area contributed by atoms with Crippen LogP contribution in [0.3, 0.4) is 0 Å². The molecule has 1 heterocycles. The van der Waals surface area contributed by atoms with Crippen molar-refractivity contribution in [3.63, 3.8) is 0 Å². The summed E-state index contributed by atoms with van der Waals surface area (Å²) < 4.78 is 6.55. The standard InChI is InChI=1S/C56H46O/c1-31-33(3)37(7)53-51(35(31)5)55(44-26-27-49-47(29-44)48-28-42-18-12-13-19-43(42)30-50(48)57-49)52-36(6)32(2)34(4)38(8)54(52)56(53)46-21-15-14-20-45(46)41-24-22-40(23-25-41)39-16-10-9-11-17-39/h9-30H,1-8H3. The molecule has 10 aromatic rings. The second-order valence-electron chi connectivity index (χ2n) is 16.2. The molecule has 0 saturated carbocycles. The van der Waals surface area contributed by atoms with Crippen molar-refractivity contribution in [1.82, 2.24) is 0 Å². The van der Waals surface area contributed by atoms with Crippen LogP contribution >= 0.6 is 0 Å². The van der Waals surface area contributed by atoms with Gasteiger partial charge in [-0.25, -0.2) is 0 Å². The lowest BCUT2D eigenvalue weighted by Crippen LogP contribution is -2.04. The first-order valence-corrected chi connectivity index (χ1v) is 20.2. The molecule has 0 unspecified atom stereocenters. The zero-order valence-corrected chi connectivity index (χ0v) is 34.1. The molecule has 0 saturated heterocycles. The molecule has 0 fully saturated rings. The summed E-state index contributed by atoms with van der Waals surface area (Å²) in [5, 5.41) is 10.1. The van der Waals surface area contributed by atoms with E-state index in [0.717, 1.165) is 21.9 Å². The van der Waals surface area contributed by atoms with Crippen LogP contribution in [0.4, 0.5) is 0 Å². The van der Waals surface area contributed by atoms with E-state index in [1.165, 1.54) is 121 Å². The molecule has 10 rings (SSSR count). The van der Waals surface area contributed by atoms with E-state index >= 15 is 0 Å². The molecule has 0 N–H and O–H groups in total. The van der Waals surface area contributed by atoms with Crippen LogP contribution in [0.5, 0.6) is 0 Å². The topological polar surface area (TPSA) is 13.1 Å². The van der Waals surface area contributed by atoms with Crippen molar-refractivity contribution in [1.29, 1.82) is 0 Å². The maximum absolute atomic E-state index is 6.55. The van der Waals surface area contributed by atoms with Crippen molar-refractivity contribution in [2.75, 3.05) is 0 Å². The fraction of sp³-hybridized carbons (Fsp3) is 0.143. The highest BCUT2D eigenvalue weighted by Crippen LogP contribution is 2.52. The Bertz CT molecular complexity index is 3200. The van der Waals surface area contributed by atoms with Crippen molar-refractivity contribution in [3.8, 4) is 44.5 Å². The van der Waals surface area contributed by atoms with E-state index < -0.39 is 0 Å². The lowest BCUT2D eigenvalue weighted by Gasteiger charge is -2.28. The van der Waals surface area contributed by atoms with E-state index in [1.54, 1.807) is 0 Å². The van der Waals surface area contributed by atoms with Gasteiger partial charge in [-0.3, -0.25) is 0 Å². The molecule has 0 amide bonds. The van der Waals surface area contributed by atoms with Crippen LogP contribution in [0.15, 0.2) is 138 Å². The number of rotatable bonds is 4. The second kappa shape index (κ2) is 13.1. The van der Waals surface area contributed by atoms with Crippen LogP contribution in [0.25, 0.3) is 98.8 Å². The fourth-order valence-corrected chi connectivity index (χ4v) is 9.73. The third-order valence-electron chi connectivity index (χ3n) is 13.5. The maximum atomic E-state index is 6.55. The second-order valence-corrected chi connectivity index (χ2v) is 16.2. The van der Waals surface area contributed by atoms with Gasteiger partial charge in [0.25, 0.3) is 0 Å². The van der Waals surface area contributed by atoms with Crippen LogP contribution in [0.1, 0.15) is 44.5 Å². The van der Waals surface area contributed by atoms with Crippen LogP contribution < -0.4 is 0 Å². The van der Waals surface area contributed by atoms with Gasteiger partial charge in [-0.2, -0.15) is 0 Å². The van der Waals surface area contributed by atoms with Gasteiger partial charge < -0.3 is 4.42 Å². The lowest BCUT2D eigenvalue weighted by atomic mass is 9.76. The summed E-state index contributed by atoms with van der Waals surface area (Å²) in [4.78, 5) is 0. The molecule has 57 heavy (non-hydrogen) atoms. The van der Waals surface area contributed by atoms with Gasteiger partial charge in [-0.1, -0.05) is 109 Å². The Hall–Kier alpha value is -6.44. The quantitative estimate of drug-likeness (QED) is 0.164. The zero-order valence-electron chi connectivity index (χ0n) is 34.1. The SMILES string of the molecule is Cc1c(C)c(C)c2c(-c3ccccc3-c3ccc(-c4ccccc4)cc3)c3c(C)c(C)c(C)c(C)c3c(-c3ccc4oc5cc6ccccc6cc5c4c3)c2c1C. The monoisotopic (exact) mass is 734 g/mol. The first-order valence-electron chi connectivity index (χ1n) is 20.2. The highest BCUT2D eigenvalue weighted by molar-refractivity contribution is 6.26. The molecule has 0 aliphatic rings. The number of hydrogen-bond donors (Lipinski definition) is 0. The van der Waals surface area contributed by atoms with Crippen molar-refractivity contribution in [3.05, 3.63) is 178 Å². The summed E-state index contributed by atoms with van der Waals surface area (Å²) in [6.45, 7) is 18.6. The Morgan fingerprint density at radius 2 is 0.737 bits per heavy atom. The van der Waals surface area contributed by atoms with Gasteiger partial charge in [0.2, 0.25) is 0 Å². The van der Waals surface area contributed by atoms with E-state index in [1.807, 2.05) is 0 Å². The van der Waals surface area contributed by atoms with Crippen LogP contribution in [0, 0.1) is 55.4 Å². The molecule has 0 atom stereocenters. The Morgan fingerprint density at radius 3 is 1.33 bits per heavy atom. The van der Waals surface area contributed by atoms with E-state index in [9.17, 15) is 0 Å². The molecule has 1 aromatic heterocycles. The molecule has 276 valence electrons. The maximum Gasteiger partial charge on any atom is 0.136 e. The molecule has 9 aromatic carbocycles. The van der Waals surface area contributed by atoms with Gasteiger partial charge in [0, 0.05) is 10.8 Å². The molecular formula is C56H46O. The Morgan fingerprint density at radius 1 is 0.298 bits per heavy atom. The number of aryl methyl sites for hydroxylation is 4. The van der Waals surface area contributed by atoms with Crippen molar-refractivity contribution in [2.24, 2.45) is 0 Å². The summed E-state index contributed by atoms with van der Waals surface area (Å²) >= 11 is 0. The summed E-state index contributed by atoms with van der Waals surface area (Å²) in [5.74, 6) is 0. The normalized spacial score (nSPS) is 11.9. The van der Waals surface area contributed by atoms with Crippen LogP contribution in [0.2, 0.25) is 0 Å². The molecule has 0 spiro atoms. The van der Waals surface area contributed by atoms with Gasteiger partial charge in [-0.15, -0.1) is 0 Å². The molecular weight excluding hydrogens is 689 g/mol. The van der Waals surface area contributed by atoms with Gasteiger partial charge in [0.15, 0.2) is 0 Å². The molecule has 0 aliphatic carbocycles. The lowest BCUT2D eigenvalue weighted by molar-refractivity contribution is 0.669. The highest BCUT2D eigenvalue weighted by Gasteiger charge is 2.27. The molecule has 0 radical (unpaired) electrons. The number of hydrogen-bond acceptors (Lipinski definition) is 1. The third-order valence-corrected chi connectivity index (χ3v) is 13.5. The van der Waals surface area contributed by atoms with Gasteiger partial charge in [0.1, 0.15) is 11.2 Å². The third kappa shape index (κ3) is 5.22. The van der Waals surface area contributed by atoms with Crippen LogP contribution in [-0.2, 0) is 0 Å². The minimum atomic E-state index is 0.918. The van der Waals surface area contributed by atoms with Gasteiger partial charge in [-0.05, 0) is 201 Å². The Kier molecular flexibility index (Phi) is 8.03. The fourth-order valence-electron chi connectivity index (χ4n) is 9.73. The van der Waals surface area contributed by atoms with E-state index in [-0.39, 0.29) is 0 Å². The predicted molar refractivity (Wildman–Crippen MR) is 246 cm³/mol. The minimum Gasteiger partial charge on any atom is -0.456 e. The smallest absolute Gasteiger partial charge is 0.136 e. The zero-order chi connectivity index (χ0) is 39.3. The number of fused-ring (bicyclic) bond motifs is 6. The minimum absolute atomic E-state index is 0.918. The average molecular weight is 735 g/mol. The van der Waals surface area contributed by atoms with E-state index in [0.29, 0.717) is 0 Å². The Labute approximate surface area is 335 Å². The summed E-state index contributed by atoms with van der Waals surface area (Å²) in [5.41, 5.74) is 22.7. The van der Waals surface area contributed by atoms with Crippen molar-refractivity contribution < 1.29 is 4.42 Å². The predicted octanol–water partition coefficient (Wildman–Crippen LogP) is 16.2. The van der Waals surface area contributed by atoms with Gasteiger partial charge in [0.05, 0.1) is 0 Å². The van der Waals surface area contributed by atoms with E-state index in [4.69, 9.17) is 4.42 Å². The van der Waals surface area contributed by atoms with Crippen LogP contribution in [-0.4, -0.2) is 0 Å². The van der Waals surface area contributed by atoms with E-state index in [2.05, 4.69) is 189 Å². The molecule has 1 nitrogen and oxygen atoms in total. The van der Waals surface area contributed by atoms with Crippen molar-refractivity contribution in [2.45, 2.75) is 55.4 Å². The summed E-state index contributed by atoms with van der Waals surface area (Å²) in [6.07, 6.45) is 0. The largest absolute Gasteiger partial charge is 0.456 e. The van der Waals surface area contributed by atoms with Gasteiger partial charge >= 0.3 is 0 Å². The summed E-state index contributed by atoms with van der Waals surface area (Å²) in [7, 11) is 0. The first kappa shape index (κ1) is 35.0. The number of furan rings is 1.